The third-order valence-electron chi connectivity index (χ3n) is 3.67. The van der Waals surface area contributed by atoms with Gasteiger partial charge in [0.2, 0.25) is 0 Å². The molecule has 1 aromatic carbocycles. The molecule has 2 heterocycles. The van der Waals surface area contributed by atoms with Crippen LogP contribution in [-0.2, 0) is 4.79 Å². The Balaban J connectivity index is 2.11. The average Bonchev–Trinajstić information content (AvgIpc) is 2.83. The van der Waals surface area contributed by atoms with E-state index in [2.05, 4.69) is 5.32 Å². The molecule has 4 nitrogen and oxygen atoms in total. The van der Waals surface area contributed by atoms with E-state index in [0.717, 1.165) is 30.8 Å². The number of para-hydroxylation sites is 1. The molecule has 1 atom stereocenters. The van der Waals surface area contributed by atoms with Crippen LogP contribution in [0.2, 0.25) is 0 Å². The zero-order valence-corrected chi connectivity index (χ0v) is 10.8. The van der Waals surface area contributed by atoms with Crippen LogP contribution in [0.4, 0.5) is 5.69 Å². The number of allylic oxidation sites excluding steroid dienone is 1. The van der Waals surface area contributed by atoms with E-state index in [-0.39, 0.29) is 17.7 Å². The first-order valence-corrected chi connectivity index (χ1v) is 6.56. The van der Waals surface area contributed by atoms with Gasteiger partial charge in [0, 0.05) is 18.3 Å². The van der Waals surface area contributed by atoms with Crippen LogP contribution in [0.15, 0.2) is 36.0 Å². The van der Waals surface area contributed by atoms with Crippen LogP contribution in [0, 0.1) is 0 Å². The molecular formula is C15H16N2O2. The van der Waals surface area contributed by atoms with E-state index in [9.17, 15) is 9.59 Å². The summed E-state index contributed by atoms with van der Waals surface area (Å²) in [5.74, 6) is 0.0544. The highest BCUT2D eigenvalue weighted by molar-refractivity contribution is 6.02. The first-order chi connectivity index (χ1) is 9.16. The van der Waals surface area contributed by atoms with Crippen molar-refractivity contribution in [3.05, 3.63) is 41.6 Å². The van der Waals surface area contributed by atoms with E-state index in [4.69, 9.17) is 0 Å². The van der Waals surface area contributed by atoms with Crippen LogP contribution < -0.4 is 5.32 Å². The van der Waals surface area contributed by atoms with Gasteiger partial charge in [-0.15, -0.1) is 0 Å². The minimum Gasteiger partial charge on any atom is -0.356 e. The predicted molar refractivity (Wildman–Crippen MR) is 72.9 cm³/mol. The number of fused-ring (bicyclic) bond motifs is 2. The summed E-state index contributed by atoms with van der Waals surface area (Å²) in [6.07, 6.45) is 3.50. The number of nitrogens with zero attached hydrogens (tertiary/aromatic N) is 1. The summed E-state index contributed by atoms with van der Waals surface area (Å²) in [6.45, 7) is 2.29. The molecule has 1 N–H and O–H groups in total. The van der Waals surface area contributed by atoms with Gasteiger partial charge in [-0.3, -0.25) is 9.59 Å². The lowest BCUT2D eigenvalue weighted by Gasteiger charge is -2.23. The minimum absolute atomic E-state index is 0.00109. The molecule has 1 unspecified atom stereocenters. The average molecular weight is 256 g/mol. The van der Waals surface area contributed by atoms with Crippen molar-refractivity contribution < 1.29 is 9.59 Å². The normalized spacial score (nSPS) is 23.6. The standard InChI is InChI=1S/C15H16N2O2/c1-10(18)9-13-14-7-4-8-17(14)15(19)11-5-2-3-6-12(11)16-13/h2-3,5-6,9,14,16H,4,7-8H2,1H3/b13-9+. The smallest absolute Gasteiger partial charge is 0.256 e. The molecule has 3 rings (SSSR count). The number of carbonyl (C=O) groups excluding carboxylic acids is 2. The highest BCUT2D eigenvalue weighted by Gasteiger charge is 2.35. The highest BCUT2D eigenvalue weighted by Crippen LogP contribution is 2.32. The van der Waals surface area contributed by atoms with Crippen LogP contribution in [0.3, 0.4) is 0 Å². The summed E-state index contributed by atoms with van der Waals surface area (Å²) in [7, 11) is 0. The topological polar surface area (TPSA) is 49.4 Å². The number of nitrogens with one attached hydrogen (secondary N) is 1. The quantitative estimate of drug-likeness (QED) is 0.784. The Morgan fingerprint density at radius 3 is 3.00 bits per heavy atom. The lowest BCUT2D eigenvalue weighted by atomic mass is 10.1. The second-order valence-corrected chi connectivity index (χ2v) is 5.04. The number of rotatable bonds is 1. The fourth-order valence-electron chi connectivity index (χ4n) is 2.86. The second kappa shape index (κ2) is 4.53. The SMILES string of the molecule is CC(=O)/C=C1/Nc2ccccc2C(=O)N2CCCC12. The van der Waals surface area contributed by atoms with Crippen LogP contribution in [0.5, 0.6) is 0 Å². The van der Waals surface area contributed by atoms with Crippen LogP contribution >= 0.6 is 0 Å². The number of amides is 1. The number of hydrogen-bond donors (Lipinski definition) is 1. The maximum Gasteiger partial charge on any atom is 0.256 e. The van der Waals surface area contributed by atoms with E-state index < -0.39 is 0 Å². The van der Waals surface area contributed by atoms with Crippen LogP contribution in [0.1, 0.15) is 30.1 Å². The number of benzene rings is 1. The zero-order valence-electron chi connectivity index (χ0n) is 10.8. The van der Waals surface area contributed by atoms with Gasteiger partial charge in [0.25, 0.3) is 5.91 Å². The Hall–Kier alpha value is -2.10. The molecule has 0 saturated carbocycles. The van der Waals surface area contributed by atoms with Gasteiger partial charge in [0.15, 0.2) is 5.78 Å². The highest BCUT2D eigenvalue weighted by atomic mass is 16.2. The Kier molecular flexibility index (Phi) is 2.85. The molecule has 1 amide bonds. The third-order valence-corrected chi connectivity index (χ3v) is 3.67. The van der Waals surface area contributed by atoms with Crippen molar-refractivity contribution >= 4 is 17.4 Å². The Labute approximate surface area is 112 Å². The maximum atomic E-state index is 12.5. The van der Waals surface area contributed by atoms with Crippen molar-refractivity contribution in [2.75, 3.05) is 11.9 Å². The van der Waals surface area contributed by atoms with Crippen molar-refractivity contribution in [2.45, 2.75) is 25.8 Å². The van der Waals surface area contributed by atoms with Gasteiger partial charge in [-0.25, -0.2) is 0 Å². The Bertz CT molecular complexity index is 577. The molecule has 0 aromatic heterocycles. The maximum absolute atomic E-state index is 12.5. The summed E-state index contributed by atoms with van der Waals surface area (Å²) < 4.78 is 0. The Morgan fingerprint density at radius 2 is 2.21 bits per heavy atom. The van der Waals surface area contributed by atoms with E-state index in [1.54, 1.807) is 6.08 Å². The fourth-order valence-corrected chi connectivity index (χ4v) is 2.86. The molecule has 1 aromatic rings. The van der Waals surface area contributed by atoms with Gasteiger partial charge < -0.3 is 10.2 Å². The van der Waals surface area contributed by atoms with Crippen LogP contribution in [-0.4, -0.2) is 29.2 Å². The summed E-state index contributed by atoms with van der Waals surface area (Å²) in [4.78, 5) is 25.8. The molecule has 98 valence electrons. The van der Waals surface area contributed by atoms with Gasteiger partial charge in [-0.2, -0.15) is 0 Å². The van der Waals surface area contributed by atoms with Gasteiger partial charge in [0.05, 0.1) is 17.3 Å². The molecule has 0 bridgehead atoms. The molecule has 1 saturated heterocycles. The molecule has 0 radical (unpaired) electrons. The number of anilines is 1. The van der Waals surface area contributed by atoms with Gasteiger partial charge in [0.1, 0.15) is 0 Å². The largest absolute Gasteiger partial charge is 0.356 e. The van der Waals surface area contributed by atoms with E-state index in [0.29, 0.717) is 5.56 Å². The Morgan fingerprint density at radius 1 is 1.42 bits per heavy atom. The summed E-state index contributed by atoms with van der Waals surface area (Å²) in [5.41, 5.74) is 2.30. The first-order valence-electron chi connectivity index (χ1n) is 6.56. The monoisotopic (exact) mass is 256 g/mol. The van der Waals surface area contributed by atoms with Crippen molar-refractivity contribution in [3.8, 4) is 0 Å². The third kappa shape index (κ3) is 2.03. The molecule has 1 fully saturated rings. The zero-order chi connectivity index (χ0) is 13.4. The fraction of sp³-hybridized carbons (Fsp3) is 0.333. The molecule has 2 aliphatic heterocycles. The molecule has 2 aliphatic rings. The first kappa shape index (κ1) is 12.0. The number of ketones is 1. The molecule has 4 heteroatoms. The molecular weight excluding hydrogens is 240 g/mol. The van der Waals surface area contributed by atoms with Crippen molar-refractivity contribution in [1.82, 2.24) is 4.90 Å². The van der Waals surface area contributed by atoms with Gasteiger partial charge >= 0.3 is 0 Å². The number of hydrogen-bond acceptors (Lipinski definition) is 3. The minimum atomic E-state index is 0.00109. The van der Waals surface area contributed by atoms with E-state index in [1.165, 1.54) is 6.92 Å². The predicted octanol–water partition coefficient (Wildman–Crippen LogP) is 2.19. The molecule has 19 heavy (non-hydrogen) atoms. The summed E-state index contributed by atoms with van der Waals surface area (Å²) >= 11 is 0. The van der Waals surface area contributed by atoms with Crippen molar-refractivity contribution in [3.63, 3.8) is 0 Å². The van der Waals surface area contributed by atoms with Crippen molar-refractivity contribution in [2.24, 2.45) is 0 Å². The summed E-state index contributed by atoms with van der Waals surface area (Å²) in [5, 5.41) is 3.27. The van der Waals surface area contributed by atoms with E-state index >= 15 is 0 Å². The lowest BCUT2D eigenvalue weighted by Crippen LogP contribution is -2.36. The van der Waals surface area contributed by atoms with E-state index in [1.807, 2.05) is 29.2 Å². The van der Waals surface area contributed by atoms with Gasteiger partial charge in [-0.1, -0.05) is 12.1 Å². The molecule has 0 aliphatic carbocycles. The summed E-state index contributed by atoms with van der Waals surface area (Å²) in [6, 6.07) is 7.47. The van der Waals surface area contributed by atoms with Crippen LogP contribution in [0.25, 0.3) is 0 Å². The van der Waals surface area contributed by atoms with Gasteiger partial charge in [-0.05, 0) is 31.9 Å². The van der Waals surface area contributed by atoms with Crippen molar-refractivity contribution in [1.29, 1.82) is 0 Å². The number of carbonyl (C=O) groups is 2. The molecule has 0 spiro atoms. The lowest BCUT2D eigenvalue weighted by molar-refractivity contribution is -0.112. The second-order valence-electron chi connectivity index (χ2n) is 5.04.